The fourth-order valence-electron chi connectivity index (χ4n) is 1.67. The highest BCUT2D eigenvalue weighted by atomic mass is 35.5. The molecule has 0 saturated heterocycles. The predicted molar refractivity (Wildman–Crippen MR) is 85.4 cm³/mol. The fraction of sp³-hybridized carbons (Fsp3) is 0.357. The molecule has 2 aromatic rings. The zero-order valence-corrected chi connectivity index (χ0v) is 13.4. The van der Waals surface area contributed by atoms with Crippen molar-refractivity contribution >= 4 is 34.7 Å². The highest BCUT2D eigenvalue weighted by Gasteiger charge is 2.10. The molecule has 0 spiro atoms. The summed E-state index contributed by atoms with van der Waals surface area (Å²) in [7, 11) is 0. The lowest BCUT2D eigenvalue weighted by Crippen LogP contribution is -2.25. The van der Waals surface area contributed by atoms with Crippen molar-refractivity contribution in [2.75, 3.05) is 5.75 Å². The van der Waals surface area contributed by atoms with Crippen LogP contribution in [0.15, 0.2) is 29.2 Å². The van der Waals surface area contributed by atoms with Gasteiger partial charge in [-0.2, -0.15) is 0 Å². The maximum absolute atomic E-state index is 6.17. The fourth-order valence-corrected chi connectivity index (χ4v) is 3.89. The zero-order valence-electron chi connectivity index (χ0n) is 11.0. The van der Waals surface area contributed by atoms with Crippen LogP contribution in [0.1, 0.15) is 15.6 Å². The first-order valence-corrected chi connectivity index (χ1v) is 8.30. The van der Waals surface area contributed by atoms with Crippen LogP contribution in [0.4, 0.5) is 0 Å². The molecule has 1 atom stereocenters. The largest absolute Gasteiger partial charge is 0.327 e. The van der Waals surface area contributed by atoms with E-state index in [0.29, 0.717) is 0 Å². The summed E-state index contributed by atoms with van der Waals surface area (Å²) in [6.07, 6.45) is 0.830. The molecule has 0 aliphatic rings. The second-order valence-electron chi connectivity index (χ2n) is 4.45. The van der Waals surface area contributed by atoms with Gasteiger partial charge in [0.15, 0.2) is 0 Å². The molecule has 2 rings (SSSR count). The molecule has 0 fully saturated rings. The van der Waals surface area contributed by atoms with E-state index in [1.807, 2.05) is 31.2 Å². The first kappa shape index (κ1) is 14.9. The van der Waals surface area contributed by atoms with Gasteiger partial charge in [0, 0.05) is 28.0 Å². The molecule has 0 amide bonds. The van der Waals surface area contributed by atoms with Gasteiger partial charge >= 0.3 is 0 Å². The van der Waals surface area contributed by atoms with Crippen LogP contribution in [0.3, 0.4) is 0 Å². The number of hydrogen-bond acceptors (Lipinski definition) is 4. The number of hydrogen-bond donors (Lipinski definition) is 1. The Kier molecular flexibility index (Phi) is 5.28. The van der Waals surface area contributed by atoms with Crippen LogP contribution in [0.2, 0.25) is 5.02 Å². The number of benzene rings is 1. The normalized spacial score (nSPS) is 12.6. The number of thiazole rings is 1. The smallest absolute Gasteiger partial charge is 0.0946 e. The Bertz CT molecular complexity index is 535. The average molecular weight is 313 g/mol. The van der Waals surface area contributed by atoms with E-state index in [4.69, 9.17) is 17.3 Å². The Morgan fingerprint density at radius 2 is 2.11 bits per heavy atom. The van der Waals surface area contributed by atoms with Gasteiger partial charge in [-0.1, -0.05) is 23.7 Å². The van der Waals surface area contributed by atoms with Gasteiger partial charge < -0.3 is 5.73 Å². The van der Waals surface area contributed by atoms with Crippen molar-refractivity contribution < 1.29 is 0 Å². The first-order chi connectivity index (χ1) is 9.06. The van der Waals surface area contributed by atoms with Crippen LogP contribution >= 0.6 is 34.7 Å². The molecule has 0 radical (unpaired) electrons. The van der Waals surface area contributed by atoms with Gasteiger partial charge in [0.05, 0.1) is 15.7 Å². The molecular weight excluding hydrogens is 296 g/mol. The molecule has 5 heteroatoms. The third kappa shape index (κ3) is 4.21. The second-order valence-corrected chi connectivity index (χ2v) is 7.21. The zero-order chi connectivity index (χ0) is 13.8. The Morgan fingerprint density at radius 3 is 2.74 bits per heavy atom. The topological polar surface area (TPSA) is 38.9 Å². The minimum Gasteiger partial charge on any atom is -0.327 e. The van der Waals surface area contributed by atoms with Crippen LogP contribution < -0.4 is 5.73 Å². The van der Waals surface area contributed by atoms with Gasteiger partial charge in [-0.25, -0.2) is 4.98 Å². The SMILES string of the molecule is Cc1nc(CC(N)CSc2ccccc2Cl)sc1C. The molecule has 0 aliphatic heterocycles. The molecule has 1 aromatic heterocycles. The van der Waals surface area contributed by atoms with E-state index < -0.39 is 0 Å². The minimum absolute atomic E-state index is 0.103. The molecule has 2 nitrogen and oxygen atoms in total. The van der Waals surface area contributed by atoms with E-state index in [-0.39, 0.29) is 6.04 Å². The molecule has 0 bridgehead atoms. The molecule has 102 valence electrons. The number of nitrogens with two attached hydrogens (primary N) is 1. The van der Waals surface area contributed by atoms with Crippen molar-refractivity contribution in [2.45, 2.75) is 31.2 Å². The molecule has 1 heterocycles. The van der Waals surface area contributed by atoms with Crippen LogP contribution in [0.25, 0.3) is 0 Å². The van der Waals surface area contributed by atoms with Crippen LogP contribution in [0, 0.1) is 13.8 Å². The van der Waals surface area contributed by atoms with Crippen molar-refractivity contribution in [2.24, 2.45) is 5.73 Å². The van der Waals surface area contributed by atoms with Crippen molar-refractivity contribution in [1.29, 1.82) is 0 Å². The van der Waals surface area contributed by atoms with Gasteiger partial charge in [-0.15, -0.1) is 23.1 Å². The first-order valence-electron chi connectivity index (χ1n) is 6.12. The number of rotatable bonds is 5. The Balaban J connectivity index is 1.88. The van der Waals surface area contributed by atoms with Crippen molar-refractivity contribution in [3.8, 4) is 0 Å². The van der Waals surface area contributed by atoms with E-state index in [9.17, 15) is 0 Å². The van der Waals surface area contributed by atoms with E-state index in [0.717, 1.165) is 32.8 Å². The lowest BCUT2D eigenvalue weighted by Gasteiger charge is -2.10. The number of halogens is 1. The predicted octanol–water partition coefficient (Wildman–Crippen LogP) is 4.08. The Hall–Kier alpha value is -0.550. The van der Waals surface area contributed by atoms with Crippen LogP contribution in [0.5, 0.6) is 0 Å². The van der Waals surface area contributed by atoms with Gasteiger partial charge in [0.1, 0.15) is 0 Å². The summed E-state index contributed by atoms with van der Waals surface area (Å²) >= 11 is 9.57. The number of aryl methyl sites for hydroxylation is 2. The number of nitrogens with zero attached hydrogens (tertiary/aromatic N) is 1. The van der Waals surface area contributed by atoms with Crippen LogP contribution in [-0.2, 0) is 6.42 Å². The van der Waals surface area contributed by atoms with E-state index in [1.54, 1.807) is 23.1 Å². The van der Waals surface area contributed by atoms with Crippen molar-refractivity contribution in [3.63, 3.8) is 0 Å². The average Bonchev–Trinajstić information content (AvgIpc) is 2.67. The highest BCUT2D eigenvalue weighted by Crippen LogP contribution is 2.27. The molecule has 0 saturated carbocycles. The minimum atomic E-state index is 0.103. The highest BCUT2D eigenvalue weighted by molar-refractivity contribution is 7.99. The third-order valence-corrected chi connectivity index (χ3v) is 5.60. The standard InChI is InChI=1S/C14H17ClN2S2/c1-9-10(2)19-14(17-9)7-11(16)8-18-13-6-4-3-5-12(13)15/h3-6,11H,7-8,16H2,1-2H3. The maximum atomic E-state index is 6.17. The summed E-state index contributed by atoms with van der Waals surface area (Å²) in [5, 5.41) is 1.92. The van der Waals surface area contributed by atoms with E-state index >= 15 is 0 Å². The molecule has 19 heavy (non-hydrogen) atoms. The summed E-state index contributed by atoms with van der Waals surface area (Å²) < 4.78 is 0. The summed E-state index contributed by atoms with van der Waals surface area (Å²) in [6.45, 7) is 4.14. The van der Waals surface area contributed by atoms with E-state index in [1.165, 1.54) is 4.88 Å². The van der Waals surface area contributed by atoms with Gasteiger partial charge in [-0.3, -0.25) is 0 Å². The lowest BCUT2D eigenvalue weighted by molar-refractivity contribution is 0.742. The Morgan fingerprint density at radius 1 is 1.37 bits per heavy atom. The van der Waals surface area contributed by atoms with Gasteiger partial charge in [0.2, 0.25) is 0 Å². The summed E-state index contributed by atoms with van der Waals surface area (Å²) in [6, 6.07) is 7.97. The molecule has 1 unspecified atom stereocenters. The summed E-state index contributed by atoms with van der Waals surface area (Å²) in [5.41, 5.74) is 7.28. The summed E-state index contributed by atoms with van der Waals surface area (Å²) in [4.78, 5) is 6.89. The molecule has 0 aliphatic carbocycles. The summed E-state index contributed by atoms with van der Waals surface area (Å²) in [5.74, 6) is 0.849. The number of thioether (sulfide) groups is 1. The lowest BCUT2D eigenvalue weighted by atomic mass is 10.2. The monoisotopic (exact) mass is 312 g/mol. The van der Waals surface area contributed by atoms with Gasteiger partial charge in [0.25, 0.3) is 0 Å². The second kappa shape index (κ2) is 6.75. The van der Waals surface area contributed by atoms with Crippen molar-refractivity contribution in [1.82, 2.24) is 4.98 Å². The van der Waals surface area contributed by atoms with Crippen molar-refractivity contribution in [3.05, 3.63) is 44.9 Å². The molecular formula is C14H17ClN2S2. The Labute approximate surface area is 127 Å². The van der Waals surface area contributed by atoms with E-state index in [2.05, 4.69) is 11.9 Å². The quantitative estimate of drug-likeness (QED) is 0.846. The van der Waals surface area contributed by atoms with Gasteiger partial charge in [-0.05, 0) is 26.0 Å². The van der Waals surface area contributed by atoms with Crippen LogP contribution in [-0.4, -0.2) is 16.8 Å². The molecule has 2 N–H and O–H groups in total. The maximum Gasteiger partial charge on any atom is 0.0946 e. The molecule has 1 aromatic carbocycles. The number of aromatic nitrogens is 1. The third-order valence-electron chi connectivity index (χ3n) is 2.80.